The highest BCUT2D eigenvalue weighted by Gasteiger charge is 2.28. The van der Waals surface area contributed by atoms with E-state index in [2.05, 4.69) is 52.8 Å². The number of ether oxygens (including phenoxy) is 1. The van der Waals surface area contributed by atoms with Crippen molar-refractivity contribution in [2.75, 3.05) is 19.8 Å². The normalized spacial score (nSPS) is 20.2. The molecule has 2 aromatic heterocycles. The van der Waals surface area contributed by atoms with Crippen LogP contribution in [0.2, 0.25) is 0 Å². The summed E-state index contributed by atoms with van der Waals surface area (Å²) in [4.78, 5) is 14.6. The molecule has 0 aliphatic carbocycles. The van der Waals surface area contributed by atoms with Crippen molar-refractivity contribution in [2.45, 2.75) is 38.8 Å². The zero-order chi connectivity index (χ0) is 15.6. The zero-order valence-corrected chi connectivity index (χ0v) is 13.5. The van der Waals surface area contributed by atoms with Gasteiger partial charge in [-0.2, -0.15) is 0 Å². The topological polar surface area (TPSA) is 54.0 Å². The SMILES string of the molecule is CC(C)(C)c1cnc(C2COCCN2Cc2ccncc2)[nH]1. The van der Waals surface area contributed by atoms with Crippen LogP contribution in [0.1, 0.15) is 43.9 Å². The van der Waals surface area contributed by atoms with E-state index in [0.717, 1.165) is 31.2 Å². The van der Waals surface area contributed by atoms with Gasteiger partial charge in [-0.1, -0.05) is 20.8 Å². The Balaban J connectivity index is 1.79. The lowest BCUT2D eigenvalue weighted by Crippen LogP contribution is -2.39. The van der Waals surface area contributed by atoms with Crippen LogP contribution >= 0.6 is 0 Å². The van der Waals surface area contributed by atoms with Gasteiger partial charge >= 0.3 is 0 Å². The number of aromatic amines is 1. The molecule has 1 N–H and O–H groups in total. The van der Waals surface area contributed by atoms with E-state index >= 15 is 0 Å². The summed E-state index contributed by atoms with van der Waals surface area (Å²) in [6.07, 6.45) is 5.64. The molecular weight excluding hydrogens is 276 g/mol. The van der Waals surface area contributed by atoms with Gasteiger partial charge in [0, 0.05) is 42.8 Å². The number of morpholine rings is 1. The van der Waals surface area contributed by atoms with E-state index in [0.29, 0.717) is 6.61 Å². The predicted octanol–water partition coefficient (Wildman–Crippen LogP) is 2.68. The Kier molecular flexibility index (Phi) is 4.27. The van der Waals surface area contributed by atoms with Gasteiger partial charge < -0.3 is 9.72 Å². The predicted molar refractivity (Wildman–Crippen MR) is 85.5 cm³/mol. The molecule has 0 saturated carbocycles. The molecule has 0 bridgehead atoms. The largest absolute Gasteiger partial charge is 0.378 e. The summed E-state index contributed by atoms with van der Waals surface area (Å²) >= 11 is 0. The molecule has 1 fully saturated rings. The second-order valence-corrected chi connectivity index (χ2v) is 6.85. The van der Waals surface area contributed by atoms with Crippen molar-refractivity contribution in [1.82, 2.24) is 19.9 Å². The summed E-state index contributed by atoms with van der Waals surface area (Å²) in [5.41, 5.74) is 2.51. The number of hydrogen-bond donors (Lipinski definition) is 1. The van der Waals surface area contributed by atoms with Crippen molar-refractivity contribution < 1.29 is 4.74 Å². The monoisotopic (exact) mass is 300 g/mol. The number of pyridine rings is 1. The van der Waals surface area contributed by atoms with E-state index in [4.69, 9.17) is 4.74 Å². The number of nitrogens with zero attached hydrogens (tertiary/aromatic N) is 3. The fraction of sp³-hybridized carbons (Fsp3) is 0.529. The molecule has 2 aromatic rings. The Morgan fingerprint density at radius 2 is 2.09 bits per heavy atom. The maximum absolute atomic E-state index is 5.69. The van der Waals surface area contributed by atoms with Crippen molar-refractivity contribution in [3.8, 4) is 0 Å². The molecule has 3 heterocycles. The van der Waals surface area contributed by atoms with Gasteiger partial charge in [-0.05, 0) is 17.7 Å². The fourth-order valence-corrected chi connectivity index (χ4v) is 2.69. The Morgan fingerprint density at radius 3 is 2.77 bits per heavy atom. The minimum absolute atomic E-state index is 0.0801. The van der Waals surface area contributed by atoms with Crippen molar-refractivity contribution in [1.29, 1.82) is 0 Å². The highest BCUT2D eigenvalue weighted by atomic mass is 16.5. The molecule has 0 radical (unpaired) electrons. The smallest absolute Gasteiger partial charge is 0.126 e. The van der Waals surface area contributed by atoms with E-state index in [-0.39, 0.29) is 11.5 Å². The van der Waals surface area contributed by atoms with Crippen molar-refractivity contribution in [3.63, 3.8) is 0 Å². The highest BCUT2D eigenvalue weighted by molar-refractivity contribution is 5.15. The number of hydrogen-bond acceptors (Lipinski definition) is 4. The molecule has 0 amide bonds. The van der Waals surface area contributed by atoms with Gasteiger partial charge in [0.2, 0.25) is 0 Å². The summed E-state index contributed by atoms with van der Waals surface area (Å²) in [6.45, 7) is 9.83. The summed E-state index contributed by atoms with van der Waals surface area (Å²) < 4.78 is 5.69. The van der Waals surface area contributed by atoms with Crippen LogP contribution in [0.5, 0.6) is 0 Å². The number of aromatic nitrogens is 3. The average Bonchev–Trinajstić information content (AvgIpc) is 2.99. The lowest BCUT2D eigenvalue weighted by molar-refractivity contribution is -0.0157. The van der Waals surface area contributed by atoms with E-state index in [9.17, 15) is 0 Å². The van der Waals surface area contributed by atoms with E-state index in [1.807, 2.05) is 18.6 Å². The minimum atomic E-state index is 0.0801. The summed E-state index contributed by atoms with van der Waals surface area (Å²) in [7, 11) is 0. The van der Waals surface area contributed by atoms with Gasteiger partial charge in [-0.3, -0.25) is 9.88 Å². The zero-order valence-electron chi connectivity index (χ0n) is 13.5. The van der Waals surface area contributed by atoms with Crippen LogP contribution in [0.25, 0.3) is 0 Å². The first-order valence-electron chi connectivity index (χ1n) is 7.80. The molecule has 1 aliphatic rings. The van der Waals surface area contributed by atoms with Crippen LogP contribution in [-0.4, -0.2) is 39.6 Å². The Hall–Kier alpha value is -1.72. The lowest BCUT2D eigenvalue weighted by Gasteiger charge is -2.34. The summed E-state index contributed by atoms with van der Waals surface area (Å²) in [5.74, 6) is 0.999. The van der Waals surface area contributed by atoms with Crippen molar-refractivity contribution in [3.05, 3.63) is 47.8 Å². The lowest BCUT2D eigenvalue weighted by atomic mass is 9.93. The second kappa shape index (κ2) is 6.18. The molecule has 1 saturated heterocycles. The number of imidazole rings is 1. The third kappa shape index (κ3) is 3.36. The molecule has 3 rings (SSSR count). The van der Waals surface area contributed by atoms with Crippen molar-refractivity contribution in [2.24, 2.45) is 0 Å². The number of nitrogens with one attached hydrogen (secondary N) is 1. The van der Waals surface area contributed by atoms with Crippen LogP contribution < -0.4 is 0 Å². The van der Waals surface area contributed by atoms with Crippen LogP contribution in [0.15, 0.2) is 30.7 Å². The molecule has 22 heavy (non-hydrogen) atoms. The molecule has 118 valence electrons. The van der Waals surface area contributed by atoms with Crippen LogP contribution in [0, 0.1) is 0 Å². The maximum atomic E-state index is 5.69. The maximum Gasteiger partial charge on any atom is 0.126 e. The van der Waals surface area contributed by atoms with Gasteiger partial charge in [0.1, 0.15) is 5.82 Å². The molecule has 0 aromatic carbocycles. The molecule has 1 unspecified atom stereocenters. The molecule has 5 nitrogen and oxygen atoms in total. The fourth-order valence-electron chi connectivity index (χ4n) is 2.69. The molecule has 0 spiro atoms. The van der Waals surface area contributed by atoms with Crippen LogP contribution in [0.4, 0.5) is 0 Å². The third-order valence-corrected chi connectivity index (χ3v) is 4.09. The first-order chi connectivity index (χ1) is 10.5. The average molecular weight is 300 g/mol. The third-order valence-electron chi connectivity index (χ3n) is 4.09. The van der Waals surface area contributed by atoms with Crippen LogP contribution in [-0.2, 0) is 16.7 Å². The molecule has 5 heteroatoms. The van der Waals surface area contributed by atoms with Gasteiger partial charge in [0.25, 0.3) is 0 Å². The first kappa shape index (κ1) is 15.2. The van der Waals surface area contributed by atoms with E-state index < -0.39 is 0 Å². The first-order valence-corrected chi connectivity index (χ1v) is 7.80. The summed E-state index contributed by atoms with van der Waals surface area (Å²) in [5, 5.41) is 0. The standard InChI is InChI=1S/C17H24N4O/c1-17(2,3)15-10-19-16(20-15)14-12-22-9-8-21(14)11-13-4-6-18-7-5-13/h4-7,10,14H,8-9,11-12H2,1-3H3,(H,19,20). The number of rotatable bonds is 3. The quantitative estimate of drug-likeness (QED) is 0.947. The Bertz CT molecular complexity index is 603. The van der Waals surface area contributed by atoms with Gasteiger partial charge in [0.15, 0.2) is 0 Å². The number of H-pyrrole nitrogens is 1. The van der Waals surface area contributed by atoms with Gasteiger partial charge in [0.05, 0.1) is 19.3 Å². The second-order valence-electron chi connectivity index (χ2n) is 6.85. The summed E-state index contributed by atoms with van der Waals surface area (Å²) in [6, 6.07) is 4.31. The van der Waals surface area contributed by atoms with Gasteiger partial charge in [-0.15, -0.1) is 0 Å². The van der Waals surface area contributed by atoms with Crippen molar-refractivity contribution >= 4 is 0 Å². The van der Waals surface area contributed by atoms with Gasteiger partial charge in [-0.25, -0.2) is 4.98 Å². The molecule has 1 aliphatic heterocycles. The molecular formula is C17H24N4O. The highest BCUT2D eigenvalue weighted by Crippen LogP contribution is 2.27. The van der Waals surface area contributed by atoms with E-state index in [1.54, 1.807) is 0 Å². The Morgan fingerprint density at radius 1 is 1.32 bits per heavy atom. The Labute approximate surface area is 131 Å². The molecule has 1 atom stereocenters. The van der Waals surface area contributed by atoms with Crippen LogP contribution in [0.3, 0.4) is 0 Å². The van der Waals surface area contributed by atoms with E-state index in [1.165, 1.54) is 5.56 Å². The minimum Gasteiger partial charge on any atom is -0.378 e.